The highest BCUT2D eigenvalue weighted by molar-refractivity contribution is 7.89. The summed E-state index contributed by atoms with van der Waals surface area (Å²) < 4.78 is 35.3. The number of para-hydroxylation sites is 1. The molecule has 2 aromatic carbocycles. The van der Waals surface area contributed by atoms with Crippen molar-refractivity contribution < 1.29 is 13.2 Å². The fourth-order valence-electron chi connectivity index (χ4n) is 2.96. The van der Waals surface area contributed by atoms with Crippen LogP contribution in [0.15, 0.2) is 84.0 Å². The maximum atomic E-state index is 12.5. The van der Waals surface area contributed by atoms with Gasteiger partial charge in [0.05, 0.1) is 10.6 Å². The van der Waals surface area contributed by atoms with Gasteiger partial charge in [0.15, 0.2) is 0 Å². The Balaban J connectivity index is 1.37. The zero-order valence-corrected chi connectivity index (χ0v) is 16.8. The SMILES string of the molecule is Cc1ccn2cc(CCNS(=O)(=O)c3ccc(Oc4ccccc4)cc3)nc2c1. The second-order valence-corrected chi connectivity index (χ2v) is 8.50. The van der Waals surface area contributed by atoms with E-state index in [9.17, 15) is 8.42 Å². The number of benzene rings is 2. The largest absolute Gasteiger partial charge is 0.457 e. The van der Waals surface area contributed by atoms with Gasteiger partial charge in [0.2, 0.25) is 10.0 Å². The number of fused-ring (bicyclic) bond motifs is 1. The number of aryl methyl sites for hydroxylation is 1. The van der Waals surface area contributed by atoms with Crippen molar-refractivity contribution in [3.05, 3.63) is 90.4 Å². The smallest absolute Gasteiger partial charge is 0.240 e. The number of nitrogens with zero attached hydrogens (tertiary/aromatic N) is 2. The standard InChI is InChI=1S/C22H21N3O3S/c1-17-12-14-25-16-18(24-22(25)15-17)11-13-23-29(26,27)21-9-7-20(8-10-21)28-19-5-3-2-4-6-19/h2-10,12,14-16,23H,11,13H2,1H3. The molecule has 0 unspecified atom stereocenters. The highest BCUT2D eigenvalue weighted by atomic mass is 32.2. The summed E-state index contributed by atoms with van der Waals surface area (Å²) in [6, 6.07) is 19.7. The molecule has 148 valence electrons. The van der Waals surface area contributed by atoms with E-state index in [-0.39, 0.29) is 11.4 Å². The van der Waals surface area contributed by atoms with Crippen LogP contribution in [0.5, 0.6) is 11.5 Å². The van der Waals surface area contributed by atoms with Crippen LogP contribution >= 0.6 is 0 Å². The van der Waals surface area contributed by atoms with Gasteiger partial charge in [0.25, 0.3) is 0 Å². The monoisotopic (exact) mass is 407 g/mol. The van der Waals surface area contributed by atoms with Crippen molar-refractivity contribution in [1.82, 2.24) is 14.1 Å². The topological polar surface area (TPSA) is 72.7 Å². The number of aromatic nitrogens is 2. The third-order valence-corrected chi connectivity index (χ3v) is 5.93. The van der Waals surface area contributed by atoms with Crippen LogP contribution in [0.3, 0.4) is 0 Å². The maximum Gasteiger partial charge on any atom is 0.240 e. The van der Waals surface area contributed by atoms with Crippen molar-refractivity contribution in [2.24, 2.45) is 0 Å². The first-order valence-electron chi connectivity index (χ1n) is 9.26. The molecule has 4 aromatic rings. The van der Waals surface area contributed by atoms with Crippen molar-refractivity contribution in [1.29, 1.82) is 0 Å². The number of ether oxygens (including phenoxy) is 1. The summed E-state index contributed by atoms with van der Waals surface area (Å²) in [5, 5.41) is 0. The molecular formula is C22H21N3O3S. The quantitative estimate of drug-likeness (QED) is 0.503. The fraction of sp³-hybridized carbons (Fsp3) is 0.136. The molecular weight excluding hydrogens is 386 g/mol. The van der Waals surface area contributed by atoms with Crippen LogP contribution < -0.4 is 9.46 Å². The van der Waals surface area contributed by atoms with E-state index >= 15 is 0 Å². The van der Waals surface area contributed by atoms with Crippen LogP contribution in [-0.2, 0) is 16.4 Å². The lowest BCUT2D eigenvalue weighted by molar-refractivity contribution is 0.482. The third-order valence-electron chi connectivity index (χ3n) is 4.45. The highest BCUT2D eigenvalue weighted by Crippen LogP contribution is 2.22. The summed E-state index contributed by atoms with van der Waals surface area (Å²) in [4.78, 5) is 4.73. The van der Waals surface area contributed by atoms with Gasteiger partial charge in [-0.2, -0.15) is 0 Å². The van der Waals surface area contributed by atoms with Crippen molar-refractivity contribution in [2.75, 3.05) is 6.54 Å². The van der Waals surface area contributed by atoms with E-state index in [0.29, 0.717) is 17.9 Å². The molecule has 6 nitrogen and oxygen atoms in total. The number of hydrogen-bond donors (Lipinski definition) is 1. The van der Waals surface area contributed by atoms with Crippen molar-refractivity contribution in [3.8, 4) is 11.5 Å². The molecule has 4 rings (SSSR count). The minimum atomic E-state index is -3.60. The Kier molecular flexibility index (Phi) is 5.33. The second kappa shape index (κ2) is 8.06. The predicted octanol–water partition coefficient (Wildman–Crippen LogP) is 3.96. The van der Waals surface area contributed by atoms with Gasteiger partial charge in [-0.1, -0.05) is 18.2 Å². The Morgan fingerprint density at radius 1 is 1.00 bits per heavy atom. The molecule has 0 saturated carbocycles. The van der Waals surface area contributed by atoms with E-state index in [4.69, 9.17) is 4.74 Å². The predicted molar refractivity (Wildman–Crippen MR) is 112 cm³/mol. The first-order chi connectivity index (χ1) is 14.0. The molecule has 2 heterocycles. The molecule has 0 atom stereocenters. The van der Waals surface area contributed by atoms with E-state index in [0.717, 1.165) is 16.9 Å². The molecule has 0 fully saturated rings. The van der Waals surface area contributed by atoms with Gasteiger partial charge in [-0.25, -0.2) is 18.1 Å². The van der Waals surface area contributed by atoms with Crippen LogP contribution in [-0.4, -0.2) is 24.3 Å². The van der Waals surface area contributed by atoms with Gasteiger partial charge < -0.3 is 9.14 Å². The van der Waals surface area contributed by atoms with Crippen LogP contribution in [0.25, 0.3) is 5.65 Å². The fourth-order valence-corrected chi connectivity index (χ4v) is 4.00. The summed E-state index contributed by atoms with van der Waals surface area (Å²) >= 11 is 0. The molecule has 0 saturated heterocycles. The first-order valence-corrected chi connectivity index (χ1v) is 10.7. The first kappa shape index (κ1) is 19.2. The zero-order valence-electron chi connectivity index (χ0n) is 15.9. The summed E-state index contributed by atoms with van der Waals surface area (Å²) in [5.74, 6) is 1.28. The number of nitrogens with one attached hydrogen (secondary N) is 1. The lowest BCUT2D eigenvalue weighted by Crippen LogP contribution is -2.26. The minimum absolute atomic E-state index is 0.198. The highest BCUT2D eigenvalue weighted by Gasteiger charge is 2.14. The van der Waals surface area contributed by atoms with E-state index < -0.39 is 10.0 Å². The van der Waals surface area contributed by atoms with Crippen LogP contribution in [0.4, 0.5) is 0 Å². The molecule has 0 spiro atoms. The molecule has 2 aromatic heterocycles. The number of sulfonamides is 1. The lowest BCUT2D eigenvalue weighted by atomic mass is 10.3. The number of rotatable bonds is 7. The molecule has 0 amide bonds. The van der Waals surface area contributed by atoms with Crippen molar-refractivity contribution in [3.63, 3.8) is 0 Å². The van der Waals surface area contributed by atoms with Gasteiger partial charge >= 0.3 is 0 Å². The Bertz CT molecular complexity index is 1220. The normalized spacial score (nSPS) is 11.6. The van der Waals surface area contributed by atoms with Gasteiger partial charge in [-0.3, -0.25) is 0 Å². The minimum Gasteiger partial charge on any atom is -0.457 e. The summed E-state index contributed by atoms with van der Waals surface area (Å²) in [5.41, 5.74) is 2.83. The van der Waals surface area contributed by atoms with Crippen molar-refractivity contribution in [2.45, 2.75) is 18.2 Å². The number of pyridine rings is 1. The van der Waals surface area contributed by atoms with Gasteiger partial charge in [-0.05, 0) is 61.0 Å². The molecule has 0 bridgehead atoms. The van der Waals surface area contributed by atoms with Gasteiger partial charge in [0, 0.05) is 25.4 Å². The molecule has 7 heteroatoms. The summed E-state index contributed by atoms with van der Waals surface area (Å²) in [7, 11) is -3.60. The van der Waals surface area contributed by atoms with E-state index in [1.165, 1.54) is 12.1 Å². The Labute approximate surface area is 169 Å². The zero-order chi connectivity index (χ0) is 20.3. The maximum absolute atomic E-state index is 12.5. The van der Waals surface area contributed by atoms with Crippen LogP contribution in [0, 0.1) is 6.92 Å². The molecule has 0 aliphatic heterocycles. The number of imidazole rings is 1. The van der Waals surface area contributed by atoms with Gasteiger partial charge in [0.1, 0.15) is 17.1 Å². The Morgan fingerprint density at radius 3 is 2.48 bits per heavy atom. The van der Waals surface area contributed by atoms with Gasteiger partial charge in [-0.15, -0.1) is 0 Å². The molecule has 0 radical (unpaired) electrons. The van der Waals surface area contributed by atoms with E-state index in [1.807, 2.05) is 66.2 Å². The Morgan fingerprint density at radius 2 is 1.72 bits per heavy atom. The molecule has 29 heavy (non-hydrogen) atoms. The van der Waals surface area contributed by atoms with Crippen molar-refractivity contribution >= 4 is 15.7 Å². The molecule has 0 aliphatic carbocycles. The Hall–Kier alpha value is -3.16. The second-order valence-electron chi connectivity index (χ2n) is 6.74. The number of hydrogen-bond acceptors (Lipinski definition) is 4. The average molecular weight is 407 g/mol. The van der Waals surface area contributed by atoms with Crippen LogP contribution in [0.1, 0.15) is 11.3 Å². The molecule has 0 aliphatic rings. The van der Waals surface area contributed by atoms with E-state index in [2.05, 4.69) is 9.71 Å². The summed E-state index contributed by atoms with van der Waals surface area (Å²) in [6.45, 7) is 2.28. The third kappa shape index (κ3) is 4.64. The summed E-state index contributed by atoms with van der Waals surface area (Å²) in [6.07, 6.45) is 4.37. The molecule has 1 N–H and O–H groups in total. The average Bonchev–Trinajstić information content (AvgIpc) is 3.11. The lowest BCUT2D eigenvalue weighted by Gasteiger charge is -2.08. The van der Waals surface area contributed by atoms with Crippen LogP contribution in [0.2, 0.25) is 0 Å². The van der Waals surface area contributed by atoms with E-state index in [1.54, 1.807) is 12.1 Å².